The van der Waals surface area contributed by atoms with Gasteiger partial charge in [0.05, 0.1) is 6.61 Å². The van der Waals surface area contributed by atoms with Crippen molar-refractivity contribution in [3.8, 4) is 0 Å². The van der Waals surface area contributed by atoms with Gasteiger partial charge >= 0.3 is 0 Å². The molecule has 1 aromatic heterocycles. The van der Waals surface area contributed by atoms with Crippen LogP contribution in [0, 0.1) is 5.92 Å². The number of methoxy groups -OCH3 is 1. The van der Waals surface area contributed by atoms with E-state index in [1.165, 1.54) is 31.2 Å². The molecule has 1 atom stereocenters. The molecule has 0 saturated carbocycles. The van der Waals surface area contributed by atoms with Crippen molar-refractivity contribution in [2.75, 3.05) is 26.8 Å². The van der Waals surface area contributed by atoms with Crippen LogP contribution < -0.4 is 5.32 Å². The monoisotopic (exact) mass is 255 g/mol. The third kappa shape index (κ3) is 6.81. The van der Waals surface area contributed by atoms with Gasteiger partial charge in [-0.25, -0.2) is 0 Å². The van der Waals surface area contributed by atoms with E-state index in [9.17, 15) is 0 Å². The van der Waals surface area contributed by atoms with Gasteiger partial charge in [0, 0.05) is 13.7 Å². The molecule has 0 saturated heterocycles. The molecule has 1 rings (SSSR count). The third-order valence-corrected chi connectivity index (χ3v) is 3.77. The summed E-state index contributed by atoms with van der Waals surface area (Å²) in [6.45, 7) is 5.17. The number of rotatable bonds is 10. The molecule has 1 heterocycles. The van der Waals surface area contributed by atoms with E-state index >= 15 is 0 Å². The van der Waals surface area contributed by atoms with Crippen molar-refractivity contribution in [1.82, 2.24) is 5.32 Å². The summed E-state index contributed by atoms with van der Waals surface area (Å²) in [5.41, 5.74) is 1.49. The van der Waals surface area contributed by atoms with Crippen molar-refractivity contribution in [2.45, 2.75) is 32.6 Å². The Morgan fingerprint density at radius 3 is 2.94 bits per heavy atom. The fourth-order valence-corrected chi connectivity index (χ4v) is 2.75. The Labute approximate surface area is 109 Å². The van der Waals surface area contributed by atoms with Crippen molar-refractivity contribution in [3.63, 3.8) is 0 Å². The molecule has 3 heteroatoms. The largest absolute Gasteiger partial charge is 0.383 e. The van der Waals surface area contributed by atoms with Crippen molar-refractivity contribution >= 4 is 11.3 Å². The van der Waals surface area contributed by atoms with Gasteiger partial charge in [-0.15, -0.1) is 0 Å². The Morgan fingerprint density at radius 2 is 2.29 bits per heavy atom. The molecule has 1 aromatic rings. The Balaban J connectivity index is 2.17. The second-order valence-electron chi connectivity index (χ2n) is 4.52. The quantitative estimate of drug-likeness (QED) is 0.648. The zero-order valence-electron chi connectivity index (χ0n) is 11.1. The fourth-order valence-electron chi connectivity index (χ4n) is 2.04. The van der Waals surface area contributed by atoms with Gasteiger partial charge in [0.1, 0.15) is 0 Å². The van der Waals surface area contributed by atoms with Crippen LogP contribution >= 0.6 is 11.3 Å². The van der Waals surface area contributed by atoms with Gasteiger partial charge in [-0.1, -0.05) is 13.3 Å². The van der Waals surface area contributed by atoms with E-state index in [-0.39, 0.29) is 0 Å². The lowest BCUT2D eigenvalue weighted by atomic mass is 9.96. The van der Waals surface area contributed by atoms with E-state index in [2.05, 4.69) is 29.1 Å². The molecule has 0 aliphatic carbocycles. The van der Waals surface area contributed by atoms with Gasteiger partial charge in [-0.3, -0.25) is 0 Å². The summed E-state index contributed by atoms with van der Waals surface area (Å²) in [6, 6.07) is 2.24. The SMILES string of the molecule is CCCC(CCc1ccsc1)CNCCOC. The molecule has 0 amide bonds. The van der Waals surface area contributed by atoms with Gasteiger partial charge in [-0.05, 0) is 54.1 Å². The smallest absolute Gasteiger partial charge is 0.0587 e. The summed E-state index contributed by atoms with van der Waals surface area (Å²) in [6.07, 6.45) is 5.12. The number of ether oxygens (including phenoxy) is 1. The lowest BCUT2D eigenvalue weighted by Crippen LogP contribution is -2.26. The van der Waals surface area contributed by atoms with Crippen molar-refractivity contribution in [2.24, 2.45) is 5.92 Å². The van der Waals surface area contributed by atoms with Crippen LogP contribution in [0.4, 0.5) is 0 Å². The highest BCUT2D eigenvalue weighted by Crippen LogP contribution is 2.16. The third-order valence-electron chi connectivity index (χ3n) is 3.03. The van der Waals surface area contributed by atoms with E-state index in [0.717, 1.165) is 25.6 Å². The highest BCUT2D eigenvalue weighted by Gasteiger charge is 2.07. The summed E-state index contributed by atoms with van der Waals surface area (Å²) in [7, 11) is 1.75. The van der Waals surface area contributed by atoms with Gasteiger partial charge in [0.15, 0.2) is 0 Å². The van der Waals surface area contributed by atoms with E-state index in [1.54, 1.807) is 18.4 Å². The van der Waals surface area contributed by atoms with E-state index in [1.807, 2.05) is 0 Å². The minimum Gasteiger partial charge on any atom is -0.383 e. The van der Waals surface area contributed by atoms with Crippen molar-refractivity contribution in [3.05, 3.63) is 22.4 Å². The first kappa shape index (κ1) is 14.7. The van der Waals surface area contributed by atoms with Crippen molar-refractivity contribution in [1.29, 1.82) is 0 Å². The second kappa shape index (κ2) is 9.63. The molecular weight excluding hydrogens is 230 g/mol. The molecule has 0 aromatic carbocycles. The van der Waals surface area contributed by atoms with Crippen LogP contribution in [0.2, 0.25) is 0 Å². The zero-order valence-corrected chi connectivity index (χ0v) is 11.9. The molecule has 98 valence electrons. The van der Waals surface area contributed by atoms with Crippen LogP contribution in [0.3, 0.4) is 0 Å². The number of hydrogen-bond acceptors (Lipinski definition) is 3. The number of thiophene rings is 1. The lowest BCUT2D eigenvalue weighted by Gasteiger charge is -2.16. The first-order valence-electron chi connectivity index (χ1n) is 6.57. The van der Waals surface area contributed by atoms with Crippen LogP contribution in [0.5, 0.6) is 0 Å². The first-order chi connectivity index (χ1) is 8.36. The van der Waals surface area contributed by atoms with Crippen LogP contribution in [0.25, 0.3) is 0 Å². The summed E-state index contributed by atoms with van der Waals surface area (Å²) in [5.74, 6) is 0.803. The highest BCUT2D eigenvalue weighted by molar-refractivity contribution is 7.07. The summed E-state index contributed by atoms with van der Waals surface area (Å²) < 4.78 is 5.04. The standard InChI is InChI=1S/C14H25NOS/c1-3-4-13(11-15-8-9-16-2)5-6-14-7-10-17-12-14/h7,10,12-13,15H,3-6,8-9,11H2,1-2H3. The van der Waals surface area contributed by atoms with Crippen molar-refractivity contribution < 1.29 is 4.74 Å². The average molecular weight is 255 g/mol. The molecule has 17 heavy (non-hydrogen) atoms. The van der Waals surface area contributed by atoms with Gasteiger partial charge < -0.3 is 10.1 Å². The second-order valence-corrected chi connectivity index (χ2v) is 5.30. The molecule has 0 spiro atoms. The van der Waals surface area contributed by atoms with Crippen LogP contribution in [0.15, 0.2) is 16.8 Å². The first-order valence-corrected chi connectivity index (χ1v) is 7.51. The molecule has 0 bridgehead atoms. The van der Waals surface area contributed by atoms with E-state index < -0.39 is 0 Å². The fraction of sp³-hybridized carbons (Fsp3) is 0.714. The summed E-state index contributed by atoms with van der Waals surface area (Å²) in [4.78, 5) is 0. The van der Waals surface area contributed by atoms with Gasteiger partial charge in [-0.2, -0.15) is 11.3 Å². The Morgan fingerprint density at radius 1 is 1.41 bits per heavy atom. The van der Waals surface area contributed by atoms with Crippen LogP contribution in [-0.4, -0.2) is 26.8 Å². The molecule has 0 aliphatic heterocycles. The maximum Gasteiger partial charge on any atom is 0.0587 e. The van der Waals surface area contributed by atoms with Gasteiger partial charge in [0.25, 0.3) is 0 Å². The molecule has 0 fully saturated rings. The summed E-state index contributed by atoms with van der Waals surface area (Å²) in [5, 5.41) is 7.91. The Kier molecular flexibility index (Phi) is 8.32. The average Bonchev–Trinajstić information content (AvgIpc) is 2.84. The molecule has 0 radical (unpaired) electrons. The number of nitrogens with one attached hydrogen (secondary N) is 1. The Bertz CT molecular complexity index is 261. The maximum absolute atomic E-state index is 5.04. The molecule has 2 nitrogen and oxygen atoms in total. The highest BCUT2D eigenvalue weighted by atomic mass is 32.1. The molecule has 1 unspecified atom stereocenters. The predicted octanol–water partition coefficient (Wildman–Crippen LogP) is 3.33. The predicted molar refractivity (Wildman–Crippen MR) is 75.8 cm³/mol. The van der Waals surface area contributed by atoms with Crippen LogP contribution in [0.1, 0.15) is 31.7 Å². The zero-order chi connectivity index (χ0) is 12.3. The summed E-state index contributed by atoms with van der Waals surface area (Å²) >= 11 is 1.80. The minimum absolute atomic E-state index is 0.803. The number of hydrogen-bond donors (Lipinski definition) is 1. The van der Waals surface area contributed by atoms with Crippen LogP contribution in [-0.2, 0) is 11.2 Å². The topological polar surface area (TPSA) is 21.3 Å². The van der Waals surface area contributed by atoms with E-state index in [4.69, 9.17) is 4.74 Å². The normalized spacial score (nSPS) is 12.8. The lowest BCUT2D eigenvalue weighted by molar-refractivity contribution is 0.197. The molecule has 1 N–H and O–H groups in total. The molecule has 0 aliphatic rings. The number of aryl methyl sites for hydroxylation is 1. The minimum atomic E-state index is 0.803. The van der Waals surface area contributed by atoms with E-state index in [0.29, 0.717) is 0 Å². The maximum atomic E-state index is 5.04. The molecular formula is C14H25NOS. The Hall–Kier alpha value is -0.380. The van der Waals surface area contributed by atoms with Gasteiger partial charge in [0.2, 0.25) is 0 Å².